The molecular formula is C16H11Cl2N3O4S. The largest absolute Gasteiger partial charge is 0.402 e. The number of nitrogens with zero attached hydrogens (tertiary/aromatic N) is 2. The van der Waals surface area contributed by atoms with Gasteiger partial charge in [0.15, 0.2) is 0 Å². The Kier molecular flexibility index (Phi) is 4.90. The highest BCUT2D eigenvalue weighted by molar-refractivity contribution is 7.90. The van der Waals surface area contributed by atoms with Crippen LogP contribution in [-0.2, 0) is 10.0 Å². The van der Waals surface area contributed by atoms with Crippen LogP contribution in [0.4, 0.5) is 5.82 Å². The van der Waals surface area contributed by atoms with Crippen molar-refractivity contribution in [2.45, 2.75) is 4.90 Å². The molecule has 0 saturated carbocycles. The number of carbonyl (C=O) groups excluding carboxylic acids is 1. The molecule has 0 spiro atoms. The molecule has 0 aliphatic heterocycles. The van der Waals surface area contributed by atoms with E-state index in [-0.39, 0.29) is 27.2 Å². The number of benzene rings is 2. The van der Waals surface area contributed by atoms with E-state index in [1.807, 2.05) is 0 Å². The lowest BCUT2D eigenvalue weighted by molar-refractivity contribution is 0.0727. The number of ether oxygens (including phenoxy) is 1. The van der Waals surface area contributed by atoms with Gasteiger partial charge in [-0.15, -0.1) is 9.19 Å². The van der Waals surface area contributed by atoms with E-state index in [1.165, 1.54) is 30.3 Å². The minimum atomic E-state index is -4.02. The van der Waals surface area contributed by atoms with E-state index >= 15 is 0 Å². The van der Waals surface area contributed by atoms with Crippen LogP contribution in [0.2, 0.25) is 10.0 Å². The average molecular weight is 412 g/mol. The molecule has 0 bridgehead atoms. The maximum absolute atomic E-state index is 12.6. The molecule has 0 atom stereocenters. The number of nitrogen functional groups attached to an aromatic ring is 1. The average Bonchev–Trinajstić information content (AvgIpc) is 2.96. The van der Waals surface area contributed by atoms with E-state index in [2.05, 4.69) is 5.10 Å². The Morgan fingerprint density at radius 2 is 1.77 bits per heavy atom. The monoisotopic (exact) mass is 411 g/mol. The molecule has 2 N–H and O–H groups in total. The summed E-state index contributed by atoms with van der Waals surface area (Å²) in [4.78, 5) is 12.2. The highest BCUT2D eigenvalue weighted by Crippen LogP contribution is 2.24. The third kappa shape index (κ3) is 3.52. The first-order chi connectivity index (χ1) is 12.3. The first kappa shape index (κ1) is 18.2. The Labute approximate surface area is 159 Å². The van der Waals surface area contributed by atoms with Crippen molar-refractivity contribution in [3.63, 3.8) is 0 Å². The van der Waals surface area contributed by atoms with Gasteiger partial charge in [-0.3, -0.25) is 0 Å². The van der Waals surface area contributed by atoms with Gasteiger partial charge in [-0.2, -0.15) is 8.42 Å². The zero-order valence-electron chi connectivity index (χ0n) is 13.0. The van der Waals surface area contributed by atoms with Gasteiger partial charge in [-0.1, -0.05) is 41.4 Å². The third-order valence-corrected chi connectivity index (χ3v) is 5.46. The van der Waals surface area contributed by atoms with E-state index in [1.54, 1.807) is 18.2 Å². The van der Waals surface area contributed by atoms with Crippen LogP contribution < -0.4 is 10.5 Å². The van der Waals surface area contributed by atoms with Crippen LogP contribution in [0.3, 0.4) is 0 Å². The smallest absolute Gasteiger partial charge is 0.346 e. The molecule has 0 aliphatic rings. The molecule has 10 heteroatoms. The summed E-state index contributed by atoms with van der Waals surface area (Å²) in [6.45, 7) is 0. The van der Waals surface area contributed by atoms with Crippen LogP contribution in [0.25, 0.3) is 0 Å². The molecule has 2 aromatic carbocycles. The Balaban J connectivity index is 1.90. The van der Waals surface area contributed by atoms with Gasteiger partial charge >= 0.3 is 5.97 Å². The molecule has 0 amide bonds. The molecule has 7 nitrogen and oxygen atoms in total. The molecule has 0 radical (unpaired) electrons. The second kappa shape index (κ2) is 6.99. The first-order valence-corrected chi connectivity index (χ1v) is 9.32. The van der Waals surface area contributed by atoms with E-state index in [0.29, 0.717) is 9.11 Å². The fourth-order valence-corrected chi connectivity index (χ4v) is 3.80. The number of rotatable bonds is 4. The number of esters is 1. The fraction of sp³-hybridized carbons (Fsp3) is 0. The lowest BCUT2D eigenvalue weighted by Crippen LogP contribution is -2.17. The minimum Gasteiger partial charge on any atom is -0.402 e. The lowest BCUT2D eigenvalue weighted by atomic mass is 10.2. The van der Waals surface area contributed by atoms with E-state index in [0.717, 1.165) is 6.07 Å². The Morgan fingerprint density at radius 3 is 2.42 bits per heavy atom. The molecular weight excluding hydrogens is 401 g/mol. The van der Waals surface area contributed by atoms with Gasteiger partial charge in [0.1, 0.15) is 5.82 Å². The number of hydrogen-bond acceptors (Lipinski definition) is 6. The molecule has 3 aromatic rings. The SMILES string of the molecule is Nc1cc(OC(=O)c2ccc(Cl)cc2Cl)nn1S(=O)(=O)c1ccccc1. The van der Waals surface area contributed by atoms with Crippen LogP contribution in [0.5, 0.6) is 5.88 Å². The molecule has 1 heterocycles. The third-order valence-electron chi connectivity index (χ3n) is 3.30. The second-order valence-corrected chi connectivity index (χ2v) is 7.69. The number of aromatic nitrogens is 2. The zero-order valence-corrected chi connectivity index (χ0v) is 15.3. The summed E-state index contributed by atoms with van der Waals surface area (Å²) in [7, 11) is -4.02. The van der Waals surface area contributed by atoms with Gasteiger partial charge in [0.2, 0.25) is 5.88 Å². The zero-order chi connectivity index (χ0) is 18.9. The number of hydrogen-bond donors (Lipinski definition) is 1. The van der Waals surface area contributed by atoms with Crippen molar-refractivity contribution in [2.75, 3.05) is 5.73 Å². The van der Waals surface area contributed by atoms with Crippen molar-refractivity contribution in [2.24, 2.45) is 0 Å². The minimum absolute atomic E-state index is 0.00609. The molecule has 0 saturated heterocycles. The number of anilines is 1. The molecule has 26 heavy (non-hydrogen) atoms. The van der Waals surface area contributed by atoms with E-state index in [9.17, 15) is 13.2 Å². The van der Waals surface area contributed by atoms with Crippen molar-refractivity contribution in [1.29, 1.82) is 0 Å². The summed E-state index contributed by atoms with van der Waals surface area (Å²) < 4.78 is 30.8. The molecule has 0 aliphatic carbocycles. The van der Waals surface area contributed by atoms with Crippen molar-refractivity contribution >= 4 is 45.0 Å². The number of nitrogens with two attached hydrogens (primary N) is 1. The molecule has 0 unspecified atom stereocenters. The Hall–Kier alpha value is -2.55. The highest BCUT2D eigenvalue weighted by atomic mass is 35.5. The first-order valence-electron chi connectivity index (χ1n) is 7.12. The van der Waals surface area contributed by atoms with Gasteiger partial charge < -0.3 is 10.5 Å². The second-order valence-electron chi connectivity index (χ2n) is 5.08. The molecule has 1 aromatic heterocycles. The lowest BCUT2D eigenvalue weighted by Gasteiger charge is -2.05. The predicted molar refractivity (Wildman–Crippen MR) is 97.1 cm³/mol. The van der Waals surface area contributed by atoms with Gasteiger partial charge in [-0.25, -0.2) is 4.79 Å². The Bertz CT molecular complexity index is 1080. The maximum atomic E-state index is 12.6. The summed E-state index contributed by atoms with van der Waals surface area (Å²) in [6.07, 6.45) is 0. The normalized spacial score (nSPS) is 11.3. The van der Waals surface area contributed by atoms with Crippen LogP contribution in [0.1, 0.15) is 10.4 Å². The molecule has 0 fully saturated rings. The van der Waals surface area contributed by atoms with Crippen LogP contribution in [0.15, 0.2) is 59.5 Å². The van der Waals surface area contributed by atoms with Crippen molar-refractivity contribution < 1.29 is 17.9 Å². The number of carbonyl (C=O) groups is 1. The summed E-state index contributed by atoms with van der Waals surface area (Å²) in [5, 5.41) is 4.21. The van der Waals surface area contributed by atoms with E-state index in [4.69, 9.17) is 33.7 Å². The maximum Gasteiger partial charge on any atom is 0.346 e. The van der Waals surface area contributed by atoms with Gasteiger partial charge in [0.25, 0.3) is 10.0 Å². The summed E-state index contributed by atoms with van der Waals surface area (Å²) in [6, 6.07) is 13.0. The Morgan fingerprint density at radius 1 is 1.08 bits per heavy atom. The number of halogens is 2. The van der Waals surface area contributed by atoms with Gasteiger partial charge in [0.05, 0.1) is 15.5 Å². The summed E-state index contributed by atoms with van der Waals surface area (Å²) >= 11 is 11.7. The molecule has 134 valence electrons. The van der Waals surface area contributed by atoms with Crippen LogP contribution >= 0.6 is 23.2 Å². The quantitative estimate of drug-likeness (QED) is 0.660. The summed E-state index contributed by atoms with van der Waals surface area (Å²) in [5.74, 6) is -1.31. The van der Waals surface area contributed by atoms with Gasteiger partial charge in [-0.05, 0) is 30.3 Å². The van der Waals surface area contributed by atoms with Gasteiger partial charge in [0, 0.05) is 11.1 Å². The van der Waals surface area contributed by atoms with Crippen molar-refractivity contribution in [3.8, 4) is 5.88 Å². The predicted octanol–water partition coefficient (Wildman–Crippen LogP) is 3.23. The van der Waals surface area contributed by atoms with E-state index < -0.39 is 16.0 Å². The molecule has 3 rings (SSSR count). The standard InChI is InChI=1S/C16H11Cl2N3O4S/c17-10-6-7-12(13(18)8-10)16(22)25-15-9-14(19)21(20-15)26(23,24)11-4-2-1-3-5-11/h1-9H,19H2. The summed E-state index contributed by atoms with van der Waals surface area (Å²) in [5.41, 5.74) is 5.77. The van der Waals surface area contributed by atoms with Crippen LogP contribution in [0, 0.1) is 0 Å². The highest BCUT2D eigenvalue weighted by Gasteiger charge is 2.23. The topological polar surface area (TPSA) is 104 Å². The van der Waals surface area contributed by atoms with Crippen molar-refractivity contribution in [1.82, 2.24) is 9.19 Å². The van der Waals surface area contributed by atoms with Crippen molar-refractivity contribution in [3.05, 3.63) is 70.2 Å². The van der Waals surface area contributed by atoms with Crippen LogP contribution in [-0.4, -0.2) is 23.6 Å². The fourth-order valence-electron chi connectivity index (χ4n) is 2.10.